The van der Waals surface area contributed by atoms with Crippen LogP contribution in [0.4, 0.5) is 0 Å². The molecule has 4 aromatic rings. The van der Waals surface area contributed by atoms with Crippen LogP contribution < -0.4 is 9.47 Å². The average Bonchev–Trinajstić information content (AvgIpc) is 2.92. The number of hydrogen-bond donors (Lipinski definition) is 0. The summed E-state index contributed by atoms with van der Waals surface area (Å²) in [5.74, 6) is 0.716. The fraction of sp³-hybridized carbons (Fsp3) is 0.129. The molecular weight excluding hydrogens is 436 g/mol. The van der Waals surface area contributed by atoms with Gasteiger partial charge in [0.25, 0.3) is 0 Å². The molecule has 0 N–H and O–H groups in total. The van der Waals surface area contributed by atoms with Gasteiger partial charge in [-0.1, -0.05) is 91.0 Å². The lowest BCUT2D eigenvalue weighted by atomic mass is 9.77. The van der Waals surface area contributed by atoms with Crippen LogP contribution >= 0.6 is 0 Å². The molecule has 0 bridgehead atoms. The van der Waals surface area contributed by atoms with Crippen LogP contribution in [0.5, 0.6) is 11.5 Å². The number of ether oxygens (including phenoxy) is 3. The van der Waals surface area contributed by atoms with Gasteiger partial charge in [-0.15, -0.1) is 0 Å². The van der Waals surface area contributed by atoms with Crippen molar-refractivity contribution in [3.8, 4) is 11.5 Å². The van der Waals surface area contributed by atoms with E-state index in [2.05, 4.69) is 0 Å². The molecule has 0 amide bonds. The largest absolute Gasteiger partial charge is 0.497 e. The predicted molar refractivity (Wildman–Crippen MR) is 136 cm³/mol. The van der Waals surface area contributed by atoms with E-state index in [9.17, 15) is 4.79 Å². The Morgan fingerprint density at radius 3 is 2.20 bits per heavy atom. The Balaban J connectivity index is 1.61. The molecule has 174 valence electrons. The number of carbonyl (C=O) groups is 1. The lowest BCUT2D eigenvalue weighted by molar-refractivity contribution is -0.147. The van der Waals surface area contributed by atoms with Gasteiger partial charge in [0, 0.05) is 5.56 Å². The standard InChI is InChI=1S/C31H26O4/c1-33-25-17-18-27-26(20-25)30(31(32)34-21-23-13-7-3-8-14-23)29(24-15-9-4-10-16-24)28(35-27)19-22-11-5-2-6-12-22/h2-20,29-30H,21H2,1H3/b28-19-/t29-,30-/m0/s1. The van der Waals surface area contributed by atoms with E-state index in [0.717, 1.165) is 22.3 Å². The molecule has 0 fully saturated rings. The van der Waals surface area contributed by atoms with Crippen molar-refractivity contribution in [2.24, 2.45) is 0 Å². The highest BCUT2D eigenvalue weighted by Gasteiger charge is 2.42. The zero-order valence-electron chi connectivity index (χ0n) is 19.5. The van der Waals surface area contributed by atoms with E-state index in [4.69, 9.17) is 14.2 Å². The second-order valence-electron chi connectivity index (χ2n) is 8.42. The number of allylic oxidation sites excluding steroid dienone is 1. The molecule has 0 aliphatic carbocycles. The lowest BCUT2D eigenvalue weighted by Gasteiger charge is -2.34. The molecule has 1 aliphatic heterocycles. The average molecular weight is 463 g/mol. The number of methoxy groups -OCH3 is 1. The highest BCUT2D eigenvalue weighted by Crippen LogP contribution is 2.49. The van der Waals surface area contributed by atoms with Crippen LogP contribution in [-0.2, 0) is 16.1 Å². The summed E-state index contributed by atoms with van der Waals surface area (Å²) in [6.45, 7) is 0.204. The van der Waals surface area contributed by atoms with Crippen LogP contribution in [0.15, 0.2) is 115 Å². The van der Waals surface area contributed by atoms with Gasteiger partial charge in [-0.05, 0) is 41.0 Å². The van der Waals surface area contributed by atoms with Crippen molar-refractivity contribution in [1.82, 2.24) is 0 Å². The van der Waals surface area contributed by atoms with Gasteiger partial charge >= 0.3 is 5.97 Å². The summed E-state index contributed by atoms with van der Waals surface area (Å²) in [5, 5.41) is 0. The molecule has 0 saturated carbocycles. The first kappa shape index (κ1) is 22.5. The van der Waals surface area contributed by atoms with E-state index in [1.54, 1.807) is 7.11 Å². The van der Waals surface area contributed by atoms with E-state index in [1.165, 1.54) is 0 Å². The van der Waals surface area contributed by atoms with Crippen LogP contribution in [0, 0.1) is 0 Å². The summed E-state index contributed by atoms with van der Waals surface area (Å²) in [5.41, 5.74) is 3.66. The van der Waals surface area contributed by atoms with Gasteiger partial charge in [-0.3, -0.25) is 4.79 Å². The molecule has 0 saturated heterocycles. The van der Waals surface area contributed by atoms with E-state index in [1.807, 2.05) is 115 Å². The Kier molecular flexibility index (Phi) is 6.62. The van der Waals surface area contributed by atoms with Gasteiger partial charge in [0.05, 0.1) is 18.9 Å². The number of esters is 1. The van der Waals surface area contributed by atoms with Crippen molar-refractivity contribution in [2.75, 3.05) is 7.11 Å². The second-order valence-corrected chi connectivity index (χ2v) is 8.42. The van der Waals surface area contributed by atoms with Crippen LogP contribution in [0.3, 0.4) is 0 Å². The van der Waals surface area contributed by atoms with Gasteiger partial charge in [0.15, 0.2) is 0 Å². The molecule has 2 atom stereocenters. The highest BCUT2D eigenvalue weighted by molar-refractivity contribution is 5.83. The van der Waals surface area contributed by atoms with Crippen molar-refractivity contribution in [3.05, 3.63) is 137 Å². The first-order chi connectivity index (χ1) is 17.2. The topological polar surface area (TPSA) is 44.8 Å². The fourth-order valence-electron chi connectivity index (χ4n) is 4.46. The quantitative estimate of drug-likeness (QED) is 0.298. The molecule has 1 heterocycles. The Morgan fingerprint density at radius 2 is 1.51 bits per heavy atom. The van der Waals surface area contributed by atoms with Gasteiger partial charge in [-0.25, -0.2) is 0 Å². The second kappa shape index (κ2) is 10.3. The molecule has 4 aromatic carbocycles. The van der Waals surface area contributed by atoms with Gasteiger partial charge < -0.3 is 14.2 Å². The number of rotatable bonds is 6. The predicted octanol–water partition coefficient (Wildman–Crippen LogP) is 6.74. The molecule has 35 heavy (non-hydrogen) atoms. The molecule has 5 rings (SSSR count). The van der Waals surface area contributed by atoms with Crippen molar-refractivity contribution < 1.29 is 19.0 Å². The fourth-order valence-corrected chi connectivity index (χ4v) is 4.46. The van der Waals surface area contributed by atoms with E-state index < -0.39 is 5.92 Å². The number of carbonyl (C=O) groups excluding carboxylic acids is 1. The van der Waals surface area contributed by atoms with Gasteiger partial charge in [0.1, 0.15) is 23.9 Å². The summed E-state index contributed by atoms with van der Waals surface area (Å²) in [6, 6.07) is 35.2. The summed E-state index contributed by atoms with van der Waals surface area (Å²) in [6.07, 6.45) is 2.00. The van der Waals surface area contributed by atoms with Crippen LogP contribution in [0.2, 0.25) is 0 Å². The number of hydrogen-bond acceptors (Lipinski definition) is 4. The minimum absolute atomic E-state index is 0.204. The van der Waals surface area contributed by atoms with Crippen LogP contribution in [-0.4, -0.2) is 13.1 Å². The zero-order valence-corrected chi connectivity index (χ0v) is 19.5. The first-order valence-corrected chi connectivity index (χ1v) is 11.6. The number of fused-ring (bicyclic) bond motifs is 1. The van der Waals surface area contributed by atoms with Gasteiger partial charge in [-0.2, -0.15) is 0 Å². The lowest BCUT2D eigenvalue weighted by Crippen LogP contribution is -2.29. The molecule has 0 spiro atoms. The van der Waals surface area contributed by atoms with E-state index in [0.29, 0.717) is 17.3 Å². The van der Waals surface area contributed by atoms with Crippen molar-refractivity contribution in [3.63, 3.8) is 0 Å². The zero-order chi connectivity index (χ0) is 24.0. The minimum atomic E-state index is -0.602. The smallest absolute Gasteiger partial charge is 0.314 e. The molecule has 4 nitrogen and oxygen atoms in total. The maximum atomic E-state index is 13.8. The van der Waals surface area contributed by atoms with Crippen LogP contribution in [0.25, 0.3) is 6.08 Å². The molecule has 0 unspecified atom stereocenters. The Morgan fingerprint density at radius 1 is 0.857 bits per heavy atom. The Labute approximate surface area is 205 Å². The number of benzene rings is 4. The van der Waals surface area contributed by atoms with Crippen LogP contribution in [0.1, 0.15) is 34.1 Å². The third-order valence-corrected chi connectivity index (χ3v) is 6.16. The van der Waals surface area contributed by atoms with E-state index in [-0.39, 0.29) is 18.5 Å². The normalized spacial score (nSPS) is 17.8. The Hall–Kier alpha value is -4.31. The molecule has 1 aliphatic rings. The van der Waals surface area contributed by atoms with E-state index >= 15 is 0 Å². The summed E-state index contributed by atoms with van der Waals surface area (Å²) in [4.78, 5) is 13.8. The third kappa shape index (κ3) is 4.97. The Bertz CT molecular complexity index is 1310. The molecule has 0 aromatic heterocycles. The summed E-state index contributed by atoms with van der Waals surface area (Å²) >= 11 is 0. The van der Waals surface area contributed by atoms with Crippen molar-refractivity contribution >= 4 is 12.0 Å². The van der Waals surface area contributed by atoms with Gasteiger partial charge in [0.2, 0.25) is 0 Å². The van der Waals surface area contributed by atoms with Crippen molar-refractivity contribution in [1.29, 1.82) is 0 Å². The summed E-state index contributed by atoms with van der Waals surface area (Å²) in [7, 11) is 1.61. The summed E-state index contributed by atoms with van der Waals surface area (Å²) < 4.78 is 17.8. The maximum absolute atomic E-state index is 13.8. The monoisotopic (exact) mass is 462 g/mol. The third-order valence-electron chi connectivity index (χ3n) is 6.16. The highest BCUT2D eigenvalue weighted by atomic mass is 16.5. The SMILES string of the molecule is COc1ccc2c(c1)[C@H](C(=O)OCc1ccccc1)[C@@H](c1ccccc1)/C(=C/c1ccccc1)O2. The molecular formula is C31H26O4. The first-order valence-electron chi connectivity index (χ1n) is 11.6. The molecule has 4 heteroatoms. The molecule has 0 radical (unpaired) electrons. The van der Waals surface area contributed by atoms with Crippen molar-refractivity contribution in [2.45, 2.75) is 18.4 Å². The minimum Gasteiger partial charge on any atom is -0.497 e. The maximum Gasteiger partial charge on any atom is 0.314 e.